The Morgan fingerprint density at radius 1 is 1.67 bits per heavy atom. The van der Waals surface area contributed by atoms with E-state index in [2.05, 4.69) is 9.72 Å². The van der Waals surface area contributed by atoms with Crippen LogP contribution in [0.4, 0.5) is 0 Å². The fraction of sp³-hybridized carbons (Fsp3) is 0.400. The number of rotatable bonds is 4. The molecule has 0 aliphatic heterocycles. The summed E-state index contributed by atoms with van der Waals surface area (Å²) in [6.45, 7) is 0. The van der Waals surface area contributed by atoms with Crippen molar-refractivity contribution in [2.45, 2.75) is 18.9 Å². The molecule has 0 amide bonds. The van der Waals surface area contributed by atoms with Gasteiger partial charge in [-0.2, -0.15) is 0 Å². The van der Waals surface area contributed by atoms with Gasteiger partial charge in [-0.05, 0) is 18.6 Å². The van der Waals surface area contributed by atoms with Gasteiger partial charge in [-0.1, -0.05) is 11.6 Å². The van der Waals surface area contributed by atoms with E-state index in [1.165, 1.54) is 13.3 Å². The molecular formula is C10H13ClN2O2. The van der Waals surface area contributed by atoms with Gasteiger partial charge in [-0.25, -0.2) is 0 Å². The second kappa shape index (κ2) is 5.68. The highest BCUT2D eigenvalue weighted by Crippen LogP contribution is 2.15. The van der Waals surface area contributed by atoms with Crippen LogP contribution < -0.4 is 5.73 Å². The first-order chi connectivity index (χ1) is 7.13. The van der Waals surface area contributed by atoms with Gasteiger partial charge >= 0.3 is 5.97 Å². The number of esters is 1. The Kier molecular flexibility index (Phi) is 4.52. The number of ether oxygens (including phenoxy) is 1. The van der Waals surface area contributed by atoms with E-state index in [4.69, 9.17) is 17.3 Å². The van der Waals surface area contributed by atoms with E-state index in [0.717, 1.165) is 5.69 Å². The number of aromatic nitrogens is 1. The standard InChI is InChI=1S/C10H13ClN2O2/c1-15-10(14)5-3-8(12)9-4-2-7(11)6-13-9/h2,4,6,8H,3,5,12H2,1H3. The van der Waals surface area contributed by atoms with E-state index in [9.17, 15) is 4.79 Å². The summed E-state index contributed by atoms with van der Waals surface area (Å²) in [7, 11) is 1.36. The van der Waals surface area contributed by atoms with E-state index in [1.807, 2.05) is 0 Å². The van der Waals surface area contributed by atoms with Crippen molar-refractivity contribution in [3.63, 3.8) is 0 Å². The maximum Gasteiger partial charge on any atom is 0.305 e. The van der Waals surface area contributed by atoms with Crippen LogP contribution >= 0.6 is 11.6 Å². The van der Waals surface area contributed by atoms with Crippen LogP contribution in [0.15, 0.2) is 18.3 Å². The lowest BCUT2D eigenvalue weighted by molar-refractivity contribution is -0.140. The summed E-state index contributed by atoms with van der Waals surface area (Å²) in [6.07, 6.45) is 2.35. The average Bonchev–Trinajstić information content (AvgIpc) is 2.26. The molecule has 1 aromatic heterocycles. The van der Waals surface area contributed by atoms with Crippen molar-refractivity contribution in [2.24, 2.45) is 5.73 Å². The number of hydrogen-bond donors (Lipinski definition) is 1. The zero-order valence-corrected chi connectivity index (χ0v) is 9.20. The van der Waals surface area contributed by atoms with E-state index < -0.39 is 0 Å². The van der Waals surface area contributed by atoms with Crippen LogP contribution in [0.25, 0.3) is 0 Å². The molecule has 0 spiro atoms. The van der Waals surface area contributed by atoms with Gasteiger partial charge in [0, 0.05) is 18.7 Å². The van der Waals surface area contributed by atoms with Crippen molar-refractivity contribution in [3.8, 4) is 0 Å². The van der Waals surface area contributed by atoms with Crippen LogP contribution in [0, 0.1) is 0 Å². The fourth-order valence-corrected chi connectivity index (χ4v) is 1.24. The normalized spacial score (nSPS) is 12.2. The summed E-state index contributed by atoms with van der Waals surface area (Å²) in [5.41, 5.74) is 6.56. The molecule has 0 saturated carbocycles. The molecule has 82 valence electrons. The number of hydrogen-bond acceptors (Lipinski definition) is 4. The molecule has 1 unspecified atom stereocenters. The third-order valence-electron chi connectivity index (χ3n) is 2.02. The topological polar surface area (TPSA) is 65.2 Å². The summed E-state index contributed by atoms with van der Waals surface area (Å²) < 4.78 is 4.52. The molecule has 1 atom stereocenters. The summed E-state index contributed by atoms with van der Waals surface area (Å²) in [5, 5.41) is 0.568. The van der Waals surface area contributed by atoms with Gasteiger partial charge in [0.05, 0.1) is 17.8 Å². The minimum absolute atomic E-state index is 0.263. The van der Waals surface area contributed by atoms with Gasteiger partial charge < -0.3 is 10.5 Å². The summed E-state index contributed by atoms with van der Waals surface area (Å²) in [5.74, 6) is -0.264. The van der Waals surface area contributed by atoms with Crippen molar-refractivity contribution in [1.82, 2.24) is 4.98 Å². The van der Waals surface area contributed by atoms with Crippen LogP contribution in [0.3, 0.4) is 0 Å². The Balaban J connectivity index is 2.50. The Morgan fingerprint density at radius 2 is 2.40 bits per heavy atom. The van der Waals surface area contributed by atoms with Gasteiger partial charge in [0.15, 0.2) is 0 Å². The molecule has 0 saturated heterocycles. The van der Waals surface area contributed by atoms with Crippen LogP contribution in [0.2, 0.25) is 5.02 Å². The highest BCUT2D eigenvalue weighted by molar-refractivity contribution is 6.30. The average molecular weight is 229 g/mol. The van der Waals surface area contributed by atoms with Crippen LogP contribution in [-0.4, -0.2) is 18.1 Å². The van der Waals surface area contributed by atoms with Crippen molar-refractivity contribution in [1.29, 1.82) is 0 Å². The zero-order chi connectivity index (χ0) is 11.3. The van der Waals surface area contributed by atoms with Gasteiger partial charge in [-0.15, -0.1) is 0 Å². The highest BCUT2D eigenvalue weighted by Gasteiger charge is 2.10. The number of halogens is 1. The molecule has 1 aromatic rings. The third-order valence-corrected chi connectivity index (χ3v) is 2.24. The van der Waals surface area contributed by atoms with Crippen LogP contribution in [0.1, 0.15) is 24.6 Å². The molecule has 1 rings (SSSR count). The first kappa shape index (κ1) is 11.9. The first-order valence-corrected chi connectivity index (χ1v) is 4.95. The van der Waals surface area contributed by atoms with Crippen LogP contribution in [0.5, 0.6) is 0 Å². The van der Waals surface area contributed by atoms with E-state index in [1.54, 1.807) is 12.1 Å². The Bertz CT molecular complexity index is 327. The monoisotopic (exact) mass is 228 g/mol. The Morgan fingerprint density at radius 3 is 2.93 bits per heavy atom. The second-order valence-corrected chi connectivity index (χ2v) is 3.56. The van der Waals surface area contributed by atoms with E-state index >= 15 is 0 Å². The number of pyridine rings is 1. The van der Waals surface area contributed by atoms with Crippen molar-refractivity contribution in [3.05, 3.63) is 29.0 Å². The van der Waals surface area contributed by atoms with E-state index in [0.29, 0.717) is 17.9 Å². The lowest BCUT2D eigenvalue weighted by Gasteiger charge is -2.09. The van der Waals surface area contributed by atoms with Gasteiger partial charge in [0.2, 0.25) is 0 Å². The number of methoxy groups -OCH3 is 1. The number of nitrogens with two attached hydrogens (primary N) is 1. The molecule has 5 heteroatoms. The smallest absolute Gasteiger partial charge is 0.305 e. The molecule has 0 radical (unpaired) electrons. The molecule has 0 aliphatic carbocycles. The van der Waals surface area contributed by atoms with Gasteiger partial charge in [-0.3, -0.25) is 9.78 Å². The summed E-state index contributed by atoms with van der Waals surface area (Å²) in [6, 6.07) is 3.22. The Hall–Kier alpha value is -1.13. The van der Waals surface area contributed by atoms with E-state index in [-0.39, 0.29) is 12.0 Å². The molecule has 0 bridgehead atoms. The largest absolute Gasteiger partial charge is 0.469 e. The van der Waals surface area contributed by atoms with Crippen molar-refractivity contribution >= 4 is 17.6 Å². The molecule has 2 N–H and O–H groups in total. The SMILES string of the molecule is COC(=O)CCC(N)c1ccc(Cl)cn1. The number of carbonyl (C=O) groups is 1. The summed E-state index contributed by atoms with van der Waals surface area (Å²) >= 11 is 5.69. The Labute approximate surface area is 93.4 Å². The molecule has 15 heavy (non-hydrogen) atoms. The summed E-state index contributed by atoms with van der Waals surface area (Å²) in [4.78, 5) is 15.0. The van der Waals surface area contributed by atoms with Gasteiger partial charge in [0.1, 0.15) is 0 Å². The molecular weight excluding hydrogens is 216 g/mol. The third kappa shape index (κ3) is 3.85. The molecule has 0 aromatic carbocycles. The fourth-order valence-electron chi connectivity index (χ4n) is 1.13. The lowest BCUT2D eigenvalue weighted by atomic mass is 10.1. The quantitative estimate of drug-likeness (QED) is 0.797. The molecule has 1 heterocycles. The highest BCUT2D eigenvalue weighted by atomic mass is 35.5. The molecule has 0 fully saturated rings. The first-order valence-electron chi connectivity index (χ1n) is 4.57. The number of nitrogens with zero attached hydrogens (tertiary/aromatic N) is 1. The minimum Gasteiger partial charge on any atom is -0.469 e. The van der Waals surface area contributed by atoms with Crippen molar-refractivity contribution < 1.29 is 9.53 Å². The number of carbonyl (C=O) groups excluding carboxylic acids is 1. The van der Waals surface area contributed by atoms with Gasteiger partial charge in [0.25, 0.3) is 0 Å². The van der Waals surface area contributed by atoms with Crippen molar-refractivity contribution in [2.75, 3.05) is 7.11 Å². The maximum atomic E-state index is 10.9. The minimum atomic E-state index is -0.264. The molecule has 0 aliphatic rings. The lowest BCUT2D eigenvalue weighted by Crippen LogP contribution is -2.14. The zero-order valence-electron chi connectivity index (χ0n) is 8.44. The predicted octanol–water partition coefficient (Wildman–Crippen LogP) is 1.69. The molecule has 4 nitrogen and oxygen atoms in total. The predicted molar refractivity (Wildman–Crippen MR) is 57.4 cm³/mol. The maximum absolute atomic E-state index is 10.9. The second-order valence-electron chi connectivity index (χ2n) is 3.12. The van der Waals surface area contributed by atoms with Crippen LogP contribution in [-0.2, 0) is 9.53 Å².